The highest BCUT2D eigenvalue weighted by atomic mass is 16.5. The van der Waals surface area contributed by atoms with Gasteiger partial charge in [0.25, 0.3) is 0 Å². The molecule has 1 fully saturated rings. The van der Waals surface area contributed by atoms with E-state index in [1.54, 1.807) is 6.20 Å². The van der Waals surface area contributed by atoms with Gasteiger partial charge < -0.3 is 9.64 Å². The van der Waals surface area contributed by atoms with Gasteiger partial charge in [-0.15, -0.1) is 0 Å². The average molecular weight is 383 g/mol. The lowest BCUT2D eigenvalue weighted by atomic mass is 10.2. The van der Waals surface area contributed by atoms with Gasteiger partial charge in [-0.05, 0) is 24.3 Å². The average Bonchev–Trinajstić information content (AvgIpc) is 3.34. The Balaban J connectivity index is 1.66. The molecule has 1 aromatic carbocycles. The summed E-state index contributed by atoms with van der Waals surface area (Å²) in [5, 5.41) is 7.34. The molecule has 150 valence electrons. The Labute approximate surface area is 167 Å². The number of nitrogens with one attached hydrogen (secondary N) is 1. The lowest BCUT2D eigenvalue weighted by Crippen LogP contribution is -2.40. The monoisotopic (exact) mass is 382 g/mol. The topological polar surface area (TPSA) is 59.4 Å². The maximum atomic E-state index is 13.0. The minimum atomic E-state index is -0.126. The zero-order valence-corrected chi connectivity index (χ0v) is 16.8. The first kappa shape index (κ1) is 20.1. The first-order valence-electron chi connectivity index (χ1n) is 10.0. The number of amides is 2. The van der Waals surface area contributed by atoms with Crippen LogP contribution in [-0.2, 0) is 11.3 Å². The van der Waals surface area contributed by atoms with Crippen LogP contribution in [0.15, 0.2) is 48.7 Å². The second-order valence-electron chi connectivity index (χ2n) is 7.58. The fourth-order valence-corrected chi connectivity index (χ4v) is 3.27. The molecule has 6 heteroatoms. The number of rotatable bonds is 8. The van der Waals surface area contributed by atoms with Crippen molar-refractivity contribution in [1.82, 2.24) is 14.7 Å². The van der Waals surface area contributed by atoms with Crippen molar-refractivity contribution >= 4 is 17.9 Å². The third-order valence-electron chi connectivity index (χ3n) is 4.66. The molecule has 2 aromatic rings. The first-order chi connectivity index (χ1) is 13.6. The van der Waals surface area contributed by atoms with E-state index in [4.69, 9.17) is 4.74 Å². The van der Waals surface area contributed by atoms with Gasteiger partial charge in [-0.1, -0.05) is 56.3 Å². The largest absolute Gasteiger partial charge is 0.376 e. The van der Waals surface area contributed by atoms with Crippen molar-refractivity contribution in [3.63, 3.8) is 0 Å². The zero-order chi connectivity index (χ0) is 19.8. The van der Waals surface area contributed by atoms with Crippen molar-refractivity contribution in [2.45, 2.75) is 39.3 Å². The molecule has 1 saturated heterocycles. The number of ether oxygens (including phenoxy) is 1. The van der Waals surface area contributed by atoms with E-state index in [-0.39, 0.29) is 12.1 Å². The lowest BCUT2D eigenvalue weighted by Gasteiger charge is -2.25. The van der Waals surface area contributed by atoms with Crippen molar-refractivity contribution < 1.29 is 9.53 Å². The molecule has 1 atom stereocenters. The van der Waals surface area contributed by atoms with Crippen molar-refractivity contribution in [1.29, 1.82) is 0 Å². The first-order valence-corrected chi connectivity index (χ1v) is 10.0. The summed E-state index contributed by atoms with van der Waals surface area (Å²) < 4.78 is 7.59. The summed E-state index contributed by atoms with van der Waals surface area (Å²) in [5.41, 5.74) is 1.12. The van der Waals surface area contributed by atoms with Crippen LogP contribution >= 0.6 is 0 Å². The SMILES string of the molecule is CC(C)Cn1nccc1NC(=O)N(C/C=C/c1ccccc1)C[C@@H]1CCCO1. The Morgan fingerprint density at radius 2 is 2.18 bits per heavy atom. The van der Waals surface area contributed by atoms with E-state index in [0.717, 1.165) is 37.4 Å². The van der Waals surface area contributed by atoms with Crippen molar-refractivity contribution in [2.75, 3.05) is 25.0 Å². The number of aromatic nitrogens is 2. The van der Waals surface area contributed by atoms with Gasteiger partial charge in [0.1, 0.15) is 5.82 Å². The summed E-state index contributed by atoms with van der Waals surface area (Å²) in [4.78, 5) is 14.8. The molecule has 1 aliphatic rings. The van der Waals surface area contributed by atoms with Crippen LogP contribution in [0.5, 0.6) is 0 Å². The van der Waals surface area contributed by atoms with Gasteiger partial charge in [0.15, 0.2) is 0 Å². The van der Waals surface area contributed by atoms with Crippen molar-refractivity contribution in [2.24, 2.45) is 5.92 Å². The van der Waals surface area contributed by atoms with Crippen LogP contribution < -0.4 is 5.32 Å². The normalized spacial score (nSPS) is 16.8. The Morgan fingerprint density at radius 1 is 1.36 bits per heavy atom. The molecule has 1 N–H and O–H groups in total. The Bertz CT molecular complexity index is 764. The predicted molar refractivity (Wildman–Crippen MR) is 112 cm³/mol. The summed E-state index contributed by atoms with van der Waals surface area (Å²) in [6.07, 6.45) is 7.95. The van der Waals surface area contributed by atoms with E-state index in [1.165, 1.54) is 0 Å². The number of urea groups is 1. The fraction of sp³-hybridized carbons (Fsp3) is 0.455. The molecule has 0 saturated carbocycles. The lowest BCUT2D eigenvalue weighted by molar-refractivity contribution is 0.0863. The second kappa shape index (κ2) is 10.1. The minimum Gasteiger partial charge on any atom is -0.376 e. The van der Waals surface area contributed by atoms with Crippen LogP contribution in [0.25, 0.3) is 6.08 Å². The highest BCUT2D eigenvalue weighted by molar-refractivity contribution is 5.88. The van der Waals surface area contributed by atoms with Crippen LogP contribution in [0.1, 0.15) is 32.3 Å². The molecule has 1 aromatic heterocycles. The van der Waals surface area contributed by atoms with E-state index in [0.29, 0.717) is 19.0 Å². The van der Waals surface area contributed by atoms with Gasteiger partial charge in [0.05, 0.1) is 12.3 Å². The smallest absolute Gasteiger partial charge is 0.323 e. The molecule has 0 spiro atoms. The van der Waals surface area contributed by atoms with Crippen LogP contribution in [0.2, 0.25) is 0 Å². The number of carbonyl (C=O) groups is 1. The molecule has 0 aliphatic carbocycles. The van der Waals surface area contributed by atoms with Gasteiger partial charge in [-0.3, -0.25) is 5.32 Å². The van der Waals surface area contributed by atoms with Gasteiger partial charge >= 0.3 is 6.03 Å². The Hall–Kier alpha value is -2.60. The summed E-state index contributed by atoms with van der Waals surface area (Å²) in [6.45, 7) is 6.92. The summed E-state index contributed by atoms with van der Waals surface area (Å²) in [5.74, 6) is 1.18. The van der Waals surface area contributed by atoms with Crippen molar-refractivity contribution in [3.8, 4) is 0 Å². The summed E-state index contributed by atoms with van der Waals surface area (Å²) in [6, 6.07) is 11.8. The minimum absolute atomic E-state index is 0.108. The van der Waals surface area contributed by atoms with Gasteiger partial charge in [0, 0.05) is 32.3 Å². The molecule has 0 unspecified atom stereocenters. The zero-order valence-electron chi connectivity index (χ0n) is 16.8. The number of anilines is 1. The van der Waals surface area contributed by atoms with E-state index < -0.39 is 0 Å². The third-order valence-corrected chi connectivity index (χ3v) is 4.66. The molecule has 3 rings (SSSR count). The molecular weight excluding hydrogens is 352 g/mol. The predicted octanol–water partition coefficient (Wildman–Crippen LogP) is 4.27. The maximum Gasteiger partial charge on any atom is 0.323 e. The van der Waals surface area contributed by atoms with E-state index in [9.17, 15) is 4.79 Å². The quantitative estimate of drug-likeness (QED) is 0.742. The molecular formula is C22H30N4O2. The summed E-state index contributed by atoms with van der Waals surface area (Å²) in [7, 11) is 0. The maximum absolute atomic E-state index is 13.0. The third kappa shape index (κ3) is 5.96. The van der Waals surface area contributed by atoms with Gasteiger partial charge in [-0.2, -0.15) is 5.10 Å². The van der Waals surface area contributed by atoms with Crippen LogP contribution in [0.4, 0.5) is 10.6 Å². The van der Waals surface area contributed by atoms with Gasteiger partial charge in [-0.25, -0.2) is 9.48 Å². The Kier molecular flexibility index (Phi) is 7.25. The highest BCUT2D eigenvalue weighted by Gasteiger charge is 2.22. The molecule has 28 heavy (non-hydrogen) atoms. The number of benzene rings is 1. The molecule has 2 amide bonds. The summed E-state index contributed by atoms with van der Waals surface area (Å²) >= 11 is 0. The van der Waals surface area contributed by atoms with E-state index >= 15 is 0 Å². The number of nitrogens with zero attached hydrogens (tertiary/aromatic N) is 3. The number of hydrogen-bond donors (Lipinski definition) is 1. The number of hydrogen-bond acceptors (Lipinski definition) is 3. The van der Waals surface area contributed by atoms with Crippen LogP contribution in [0, 0.1) is 5.92 Å². The van der Waals surface area contributed by atoms with E-state index in [2.05, 4.69) is 24.3 Å². The standard InChI is InChI=1S/C22H30N4O2/c1-18(2)16-26-21(12-13-23-26)24-22(27)25(17-20-11-7-15-28-20)14-6-10-19-8-4-3-5-9-19/h3-6,8-10,12-13,18,20H,7,11,14-17H2,1-2H3,(H,24,27)/b10-6+/t20-/m0/s1. The molecule has 0 bridgehead atoms. The highest BCUT2D eigenvalue weighted by Crippen LogP contribution is 2.15. The van der Waals surface area contributed by atoms with Crippen molar-refractivity contribution in [3.05, 3.63) is 54.2 Å². The van der Waals surface area contributed by atoms with E-state index in [1.807, 2.05) is 58.1 Å². The molecule has 6 nitrogen and oxygen atoms in total. The van der Waals surface area contributed by atoms with Gasteiger partial charge in [0.2, 0.25) is 0 Å². The molecule has 2 heterocycles. The fourth-order valence-electron chi connectivity index (χ4n) is 3.27. The molecule has 1 aliphatic heterocycles. The van der Waals surface area contributed by atoms with Crippen LogP contribution in [-0.4, -0.2) is 46.5 Å². The second-order valence-corrected chi connectivity index (χ2v) is 7.58. The molecule has 0 radical (unpaired) electrons. The Morgan fingerprint density at radius 3 is 2.89 bits per heavy atom. The van der Waals surface area contributed by atoms with Crippen LogP contribution in [0.3, 0.4) is 0 Å². The number of carbonyl (C=O) groups excluding carboxylic acids is 1.